The topological polar surface area (TPSA) is 110 Å². The highest BCUT2D eigenvalue weighted by molar-refractivity contribution is 6.05. The normalized spacial score (nSPS) is 10.8. The standard InChI is InChI=1S/C25H21N7O/c1-16-24(32-13-5-4-8-23(32)29-16)17-11-12-27-22(14-17)31-21-10-9-18(15-28-21)25(33)30-20-7-3-2-6-19(20)26/h2-15H,26H2,1H3,(H,30,33)(H,27,28,31). The highest BCUT2D eigenvalue weighted by atomic mass is 16.1. The second-order valence-electron chi connectivity index (χ2n) is 7.50. The van der Waals surface area contributed by atoms with E-state index in [1.165, 1.54) is 6.20 Å². The zero-order valence-electron chi connectivity index (χ0n) is 17.9. The van der Waals surface area contributed by atoms with Crippen molar-refractivity contribution in [1.82, 2.24) is 19.4 Å². The van der Waals surface area contributed by atoms with Crippen LogP contribution in [0.5, 0.6) is 0 Å². The summed E-state index contributed by atoms with van der Waals surface area (Å²) in [5.41, 5.74) is 11.2. The molecule has 5 rings (SSSR count). The van der Waals surface area contributed by atoms with Crippen LogP contribution in [-0.4, -0.2) is 25.3 Å². The summed E-state index contributed by atoms with van der Waals surface area (Å²) < 4.78 is 2.06. The number of nitrogen functional groups attached to an aromatic ring is 1. The summed E-state index contributed by atoms with van der Waals surface area (Å²) in [4.78, 5) is 25.9. The summed E-state index contributed by atoms with van der Waals surface area (Å²) in [6.07, 6.45) is 5.24. The Kier molecular flexibility index (Phi) is 5.16. The van der Waals surface area contributed by atoms with Gasteiger partial charge in [-0.1, -0.05) is 18.2 Å². The van der Waals surface area contributed by atoms with Crippen LogP contribution < -0.4 is 16.4 Å². The highest BCUT2D eigenvalue weighted by Crippen LogP contribution is 2.27. The Balaban J connectivity index is 1.34. The van der Waals surface area contributed by atoms with Crippen LogP contribution in [0.15, 0.2) is 85.3 Å². The molecule has 0 atom stereocenters. The summed E-state index contributed by atoms with van der Waals surface area (Å²) in [6.45, 7) is 1.99. The van der Waals surface area contributed by atoms with E-state index in [0.717, 1.165) is 22.6 Å². The van der Waals surface area contributed by atoms with Gasteiger partial charge in [-0.05, 0) is 55.5 Å². The van der Waals surface area contributed by atoms with Gasteiger partial charge in [0, 0.05) is 24.2 Å². The van der Waals surface area contributed by atoms with Crippen molar-refractivity contribution in [1.29, 1.82) is 0 Å². The van der Waals surface area contributed by atoms with Crippen molar-refractivity contribution in [3.8, 4) is 11.3 Å². The van der Waals surface area contributed by atoms with E-state index in [-0.39, 0.29) is 5.91 Å². The number of fused-ring (bicyclic) bond motifs is 1. The van der Waals surface area contributed by atoms with E-state index in [1.54, 1.807) is 30.5 Å². The SMILES string of the molecule is Cc1nc2ccccn2c1-c1ccnc(Nc2ccc(C(=O)Nc3ccccc3N)cn2)c1. The minimum absolute atomic E-state index is 0.282. The Bertz CT molecular complexity index is 1460. The fourth-order valence-corrected chi connectivity index (χ4v) is 3.65. The fourth-order valence-electron chi connectivity index (χ4n) is 3.65. The molecule has 8 heteroatoms. The summed E-state index contributed by atoms with van der Waals surface area (Å²) >= 11 is 0. The van der Waals surface area contributed by atoms with Crippen LogP contribution in [0.3, 0.4) is 0 Å². The molecule has 0 saturated carbocycles. The molecular formula is C25H21N7O. The number of imidazole rings is 1. The monoisotopic (exact) mass is 435 g/mol. The third-order valence-electron chi connectivity index (χ3n) is 5.23. The maximum atomic E-state index is 12.5. The summed E-state index contributed by atoms with van der Waals surface area (Å²) in [5.74, 6) is 0.931. The largest absolute Gasteiger partial charge is 0.397 e. The zero-order chi connectivity index (χ0) is 22.8. The van der Waals surface area contributed by atoms with E-state index in [9.17, 15) is 4.79 Å². The molecule has 0 aliphatic heterocycles. The third kappa shape index (κ3) is 4.09. The van der Waals surface area contributed by atoms with Gasteiger partial charge in [-0.2, -0.15) is 0 Å². The van der Waals surface area contributed by atoms with Crippen LogP contribution in [0.25, 0.3) is 16.9 Å². The number of nitrogens with zero attached hydrogens (tertiary/aromatic N) is 4. The first kappa shape index (κ1) is 20.2. The molecule has 8 nitrogen and oxygen atoms in total. The lowest BCUT2D eigenvalue weighted by atomic mass is 10.1. The summed E-state index contributed by atoms with van der Waals surface area (Å²) in [7, 11) is 0. The molecule has 162 valence electrons. The van der Waals surface area contributed by atoms with Crippen LogP contribution in [0.4, 0.5) is 23.0 Å². The number of nitrogens with one attached hydrogen (secondary N) is 2. The number of para-hydroxylation sites is 2. The van der Waals surface area contributed by atoms with Gasteiger partial charge in [0.1, 0.15) is 17.3 Å². The van der Waals surface area contributed by atoms with Gasteiger partial charge in [0.15, 0.2) is 0 Å². The first-order chi connectivity index (χ1) is 16.1. The molecule has 1 amide bonds. The molecule has 0 spiro atoms. The van der Waals surface area contributed by atoms with Crippen molar-refractivity contribution in [3.63, 3.8) is 0 Å². The smallest absolute Gasteiger partial charge is 0.257 e. The molecule has 0 aliphatic rings. The number of aryl methyl sites for hydroxylation is 1. The first-order valence-corrected chi connectivity index (χ1v) is 10.4. The number of aromatic nitrogens is 4. The second kappa shape index (κ2) is 8.43. The van der Waals surface area contributed by atoms with E-state index in [1.807, 2.05) is 55.6 Å². The zero-order valence-corrected chi connectivity index (χ0v) is 17.9. The molecule has 0 unspecified atom stereocenters. The van der Waals surface area contributed by atoms with Crippen molar-refractivity contribution >= 4 is 34.6 Å². The second-order valence-corrected chi connectivity index (χ2v) is 7.50. The predicted octanol–water partition coefficient (Wildman–Crippen LogP) is 4.68. The Morgan fingerprint density at radius 1 is 0.970 bits per heavy atom. The minimum Gasteiger partial charge on any atom is -0.397 e. The van der Waals surface area contributed by atoms with Gasteiger partial charge in [0.05, 0.1) is 28.3 Å². The van der Waals surface area contributed by atoms with Gasteiger partial charge in [-0.15, -0.1) is 0 Å². The average molecular weight is 435 g/mol. The lowest BCUT2D eigenvalue weighted by Crippen LogP contribution is -2.13. The molecule has 4 aromatic heterocycles. The highest BCUT2D eigenvalue weighted by Gasteiger charge is 2.12. The molecule has 0 radical (unpaired) electrons. The Morgan fingerprint density at radius 3 is 2.64 bits per heavy atom. The van der Waals surface area contributed by atoms with E-state index in [4.69, 9.17) is 5.73 Å². The van der Waals surface area contributed by atoms with Crippen molar-refractivity contribution in [2.75, 3.05) is 16.4 Å². The number of hydrogen-bond acceptors (Lipinski definition) is 6. The Labute approximate surface area is 190 Å². The van der Waals surface area contributed by atoms with Crippen molar-refractivity contribution in [2.24, 2.45) is 0 Å². The molecule has 4 heterocycles. The average Bonchev–Trinajstić information content (AvgIpc) is 3.17. The van der Waals surface area contributed by atoms with Gasteiger partial charge < -0.3 is 16.4 Å². The van der Waals surface area contributed by atoms with Gasteiger partial charge in [0.25, 0.3) is 5.91 Å². The quantitative estimate of drug-likeness (QED) is 0.346. The van der Waals surface area contributed by atoms with Crippen LogP contribution in [0.2, 0.25) is 0 Å². The van der Waals surface area contributed by atoms with Crippen LogP contribution in [-0.2, 0) is 0 Å². The maximum absolute atomic E-state index is 12.5. The summed E-state index contributed by atoms with van der Waals surface area (Å²) in [6, 6.07) is 20.4. The maximum Gasteiger partial charge on any atom is 0.257 e. The van der Waals surface area contributed by atoms with Crippen molar-refractivity contribution in [2.45, 2.75) is 6.92 Å². The van der Waals surface area contributed by atoms with Crippen LogP contribution in [0.1, 0.15) is 16.1 Å². The minimum atomic E-state index is -0.282. The molecule has 33 heavy (non-hydrogen) atoms. The molecule has 0 fully saturated rings. The predicted molar refractivity (Wildman–Crippen MR) is 129 cm³/mol. The van der Waals surface area contributed by atoms with Gasteiger partial charge in [-0.3, -0.25) is 9.20 Å². The van der Waals surface area contributed by atoms with E-state index in [2.05, 4.69) is 30.0 Å². The number of benzene rings is 1. The van der Waals surface area contributed by atoms with Gasteiger partial charge >= 0.3 is 0 Å². The van der Waals surface area contributed by atoms with E-state index in [0.29, 0.717) is 28.6 Å². The van der Waals surface area contributed by atoms with Crippen molar-refractivity contribution < 1.29 is 4.79 Å². The van der Waals surface area contributed by atoms with Gasteiger partial charge in [-0.25, -0.2) is 15.0 Å². The number of nitrogens with two attached hydrogens (primary N) is 1. The van der Waals surface area contributed by atoms with Crippen LogP contribution in [0, 0.1) is 6.92 Å². The number of carbonyl (C=O) groups is 1. The molecule has 0 bridgehead atoms. The molecular weight excluding hydrogens is 414 g/mol. The van der Waals surface area contributed by atoms with E-state index >= 15 is 0 Å². The first-order valence-electron chi connectivity index (χ1n) is 10.4. The van der Waals surface area contributed by atoms with Gasteiger partial charge in [0.2, 0.25) is 0 Å². The number of anilines is 4. The summed E-state index contributed by atoms with van der Waals surface area (Å²) in [5, 5.41) is 5.99. The van der Waals surface area contributed by atoms with Crippen molar-refractivity contribution in [3.05, 3.63) is 96.6 Å². The molecule has 0 saturated heterocycles. The molecule has 4 N–H and O–H groups in total. The molecule has 0 aliphatic carbocycles. The molecule has 1 aromatic carbocycles. The Morgan fingerprint density at radius 2 is 1.82 bits per heavy atom. The molecule has 5 aromatic rings. The number of carbonyl (C=O) groups excluding carboxylic acids is 1. The van der Waals surface area contributed by atoms with E-state index < -0.39 is 0 Å². The fraction of sp³-hybridized carbons (Fsp3) is 0.0400. The number of amides is 1. The van der Waals surface area contributed by atoms with Crippen LogP contribution >= 0.6 is 0 Å². The number of pyridine rings is 3. The Hall–Kier alpha value is -4.72. The number of rotatable bonds is 5. The number of hydrogen-bond donors (Lipinski definition) is 3. The lowest BCUT2D eigenvalue weighted by molar-refractivity contribution is 0.102. The lowest BCUT2D eigenvalue weighted by Gasteiger charge is -2.09. The third-order valence-corrected chi connectivity index (χ3v) is 5.23.